The highest BCUT2D eigenvalue weighted by molar-refractivity contribution is 5.71. The average Bonchev–Trinajstić information content (AvgIpc) is 2.84. The lowest BCUT2D eigenvalue weighted by Gasteiger charge is -2.52. The van der Waals surface area contributed by atoms with Crippen LogP contribution >= 0.6 is 0 Å². The second-order valence-corrected chi connectivity index (χ2v) is 12.0. The van der Waals surface area contributed by atoms with Gasteiger partial charge in [-0.25, -0.2) is 4.79 Å². The lowest BCUT2D eigenvalue weighted by atomic mass is 9.60. The van der Waals surface area contributed by atoms with Crippen molar-refractivity contribution in [2.75, 3.05) is 13.2 Å². The first-order valence-electron chi connectivity index (χ1n) is 11.4. The molecule has 0 spiro atoms. The van der Waals surface area contributed by atoms with Crippen molar-refractivity contribution < 1.29 is 24.2 Å². The van der Waals surface area contributed by atoms with E-state index in [0.29, 0.717) is 19.6 Å². The van der Waals surface area contributed by atoms with Crippen LogP contribution in [-0.2, 0) is 14.3 Å². The zero-order valence-electron chi connectivity index (χ0n) is 20.5. The number of amides is 1. The Labute approximate surface area is 182 Å². The molecular formula is C24H43NO5. The van der Waals surface area contributed by atoms with Gasteiger partial charge < -0.3 is 19.5 Å². The number of carboxylic acids is 1. The number of aliphatic carboxylic acids is 1. The second-order valence-electron chi connectivity index (χ2n) is 12.0. The van der Waals surface area contributed by atoms with Crippen LogP contribution in [0.5, 0.6) is 0 Å². The molecule has 0 aromatic rings. The summed E-state index contributed by atoms with van der Waals surface area (Å²) in [5, 5.41) is 10.0. The van der Waals surface area contributed by atoms with Crippen LogP contribution in [0, 0.1) is 23.2 Å². The maximum atomic E-state index is 12.7. The molecule has 6 heteroatoms. The highest BCUT2D eigenvalue weighted by atomic mass is 16.6. The predicted molar refractivity (Wildman–Crippen MR) is 117 cm³/mol. The number of hydrogen-bond acceptors (Lipinski definition) is 4. The highest BCUT2D eigenvalue weighted by Crippen LogP contribution is 2.50. The molecule has 0 saturated carbocycles. The normalized spacial score (nSPS) is 28.8. The molecule has 0 aliphatic carbocycles. The average molecular weight is 426 g/mol. The SMILES string of the molecule is CC(C)(C)OC(=O)N1C[C@@H](CCC(C(=O)O)C2CCOC(C)(C)C2(C)C)CC1(C)C. The van der Waals surface area contributed by atoms with E-state index in [-0.39, 0.29) is 34.5 Å². The van der Waals surface area contributed by atoms with Gasteiger partial charge in [-0.05, 0) is 91.4 Å². The standard InChI is InChI=1S/C24H43NO5/c1-21(2,3)30-20(28)25-15-16(14-22(25,4)5)10-11-17(19(26)27)18-12-13-29-24(8,9)23(18,6)7/h16-18H,10-15H2,1-9H3,(H,26,27)/t16-,17?,18?/m0/s1. The van der Waals surface area contributed by atoms with E-state index in [1.165, 1.54) is 0 Å². The van der Waals surface area contributed by atoms with Crippen molar-refractivity contribution in [3.05, 3.63) is 0 Å². The topological polar surface area (TPSA) is 76.1 Å². The van der Waals surface area contributed by atoms with Crippen LogP contribution in [0.4, 0.5) is 4.79 Å². The molecule has 2 fully saturated rings. The largest absolute Gasteiger partial charge is 0.481 e. The van der Waals surface area contributed by atoms with Gasteiger partial charge in [-0.1, -0.05) is 13.8 Å². The number of hydrogen-bond donors (Lipinski definition) is 1. The quantitative estimate of drug-likeness (QED) is 0.643. The molecular weight excluding hydrogens is 382 g/mol. The van der Waals surface area contributed by atoms with Crippen LogP contribution in [0.15, 0.2) is 0 Å². The molecule has 1 N–H and O–H groups in total. The molecule has 3 atom stereocenters. The smallest absolute Gasteiger partial charge is 0.410 e. The number of likely N-dealkylation sites (tertiary alicyclic amines) is 1. The molecule has 2 heterocycles. The van der Waals surface area contributed by atoms with Crippen LogP contribution in [0.2, 0.25) is 0 Å². The van der Waals surface area contributed by atoms with Gasteiger partial charge in [-0.3, -0.25) is 4.79 Å². The maximum Gasteiger partial charge on any atom is 0.410 e. The van der Waals surface area contributed by atoms with E-state index in [1.807, 2.05) is 25.7 Å². The molecule has 0 bridgehead atoms. The summed E-state index contributed by atoms with van der Waals surface area (Å²) in [4.78, 5) is 26.7. The Balaban J connectivity index is 2.07. The van der Waals surface area contributed by atoms with Crippen LogP contribution in [0.3, 0.4) is 0 Å². The van der Waals surface area contributed by atoms with E-state index >= 15 is 0 Å². The lowest BCUT2D eigenvalue weighted by Crippen LogP contribution is -2.54. The van der Waals surface area contributed by atoms with Gasteiger partial charge in [0.25, 0.3) is 0 Å². The van der Waals surface area contributed by atoms with E-state index in [9.17, 15) is 14.7 Å². The summed E-state index contributed by atoms with van der Waals surface area (Å²) in [6.45, 7) is 19.4. The molecule has 2 aliphatic heterocycles. The summed E-state index contributed by atoms with van der Waals surface area (Å²) < 4.78 is 11.6. The number of carboxylic acid groups (broad SMARTS) is 1. The Bertz CT molecular complexity index is 646. The van der Waals surface area contributed by atoms with Gasteiger partial charge in [-0.2, -0.15) is 0 Å². The fourth-order valence-corrected chi connectivity index (χ4v) is 5.27. The van der Waals surface area contributed by atoms with E-state index in [1.54, 1.807) is 0 Å². The second kappa shape index (κ2) is 8.33. The highest BCUT2D eigenvalue weighted by Gasteiger charge is 2.51. The van der Waals surface area contributed by atoms with E-state index < -0.39 is 17.5 Å². The van der Waals surface area contributed by atoms with Crippen molar-refractivity contribution in [1.29, 1.82) is 0 Å². The summed E-state index contributed by atoms with van der Waals surface area (Å²) in [6.07, 6.45) is 2.78. The Morgan fingerprint density at radius 3 is 2.30 bits per heavy atom. The Hall–Kier alpha value is -1.30. The third-order valence-electron chi connectivity index (χ3n) is 7.63. The minimum Gasteiger partial charge on any atom is -0.481 e. The van der Waals surface area contributed by atoms with Crippen LogP contribution < -0.4 is 0 Å². The molecule has 0 aromatic heterocycles. The van der Waals surface area contributed by atoms with Gasteiger partial charge in [0.1, 0.15) is 5.60 Å². The summed E-state index contributed by atoms with van der Waals surface area (Å²) >= 11 is 0. The monoisotopic (exact) mass is 425 g/mol. The number of carbonyl (C=O) groups is 2. The molecule has 6 nitrogen and oxygen atoms in total. The minimum atomic E-state index is -0.716. The molecule has 30 heavy (non-hydrogen) atoms. The molecule has 2 aliphatic rings. The van der Waals surface area contributed by atoms with Gasteiger partial charge in [0, 0.05) is 18.7 Å². The van der Waals surface area contributed by atoms with Gasteiger partial charge in [0.05, 0.1) is 11.5 Å². The van der Waals surface area contributed by atoms with Crippen molar-refractivity contribution in [1.82, 2.24) is 4.90 Å². The molecule has 2 rings (SSSR count). The van der Waals surface area contributed by atoms with Gasteiger partial charge in [0.2, 0.25) is 0 Å². The Morgan fingerprint density at radius 1 is 1.17 bits per heavy atom. The van der Waals surface area contributed by atoms with E-state index in [4.69, 9.17) is 9.47 Å². The zero-order valence-corrected chi connectivity index (χ0v) is 20.5. The fraction of sp³-hybridized carbons (Fsp3) is 0.917. The number of nitrogens with zero attached hydrogens (tertiary/aromatic N) is 1. The summed E-state index contributed by atoms with van der Waals surface area (Å²) in [5.74, 6) is -0.769. The molecule has 2 saturated heterocycles. The lowest BCUT2D eigenvalue weighted by molar-refractivity contribution is -0.184. The third kappa shape index (κ3) is 5.30. The van der Waals surface area contributed by atoms with Crippen LogP contribution in [0.1, 0.15) is 88.0 Å². The van der Waals surface area contributed by atoms with Crippen molar-refractivity contribution in [2.45, 2.75) is 105 Å². The van der Waals surface area contributed by atoms with Crippen LogP contribution in [0.25, 0.3) is 0 Å². The number of carbonyl (C=O) groups excluding carboxylic acids is 1. The van der Waals surface area contributed by atoms with E-state index in [2.05, 4.69) is 41.5 Å². The molecule has 2 unspecified atom stereocenters. The van der Waals surface area contributed by atoms with Gasteiger partial charge in [0.15, 0.2) is 0 Å². The van der Waals surface area contributed by atoms with Crippen molar-refractivity contribution >= 4 is 12.1 Å². The van der Waals surface area contributed by atoms with Crippen molar-refractivity contribution in [3.63, 3.8) is 0 Å². The first-order chi connectivity index (χ1) is 13.5. The predicted octanol–water partition coefficient (Wildman–Crippen LogP) is 5.34. The number of ether oxygens (including phenoxy) is 2. The van der Waals surface area contributed by atoms with Gasteiger partial charge in [-0.15, -0.1) is 0 Å². The molecule has 0 aromatic carbocycles. The Morgan fingerprint density at radius 2 is 1.77 bits per heavy atom. The minimum absolute atomic E-state index is 0.0649. The first kappa shape index (κ1) is 25.0. The number of rotatable bonds is 5. The molecule has 174 valence electrons. The van der Waals surface area contributed by atoms with Gasteiger partial charge >= 0.3 is 12.1 Å². The van der Waals surface area contributed by atoms with Crippen molar-refractivity contribution in [3.8, 4) is 0 Å². The molecule has 0 radical (unpaired) electrons. The summed E-state index contributed by atoms with van der Waals surface area (Å²) in [5.41, 5.74) is -1.40. The van der Waals surface area contributed by atoms with Crippen molar-refractivity contribution in [2.24, 2.45) is 23.2 Å². The summed E-state index contributed by atoms with van der Waals surface area (Å²) in [7, 11) is 0. The van der Waals surface area contributed by atoms with E-state index in [0.717, 1.165) is 19.3 Å². The molecule has 1 amide bonds. The fourth-order valence-electron chi connectivity index (χ4n) is 5.27. The maximum absolute atomic E-state index is 12.7. The Kier molecular flexibility index (Phi) is 6.93. The van der Waals surface area contributed by atoms with Crippen LogP contribution in [-0.4, -0.2) is 52.0 Å². The third-order valence-corrected chi connectivity index (χ3v) is 7.63. The zero-order chi connectivity index (χ0) is 23.1. The first-order valence-corrected chi connectivity index (χ1v) is 11.4. The summed E-state index contributed by atoms with van der Waals surface area (Å²) in [6, 6.07) is 0.